The van der Waals surface area contributed by atoms with Crippen molar-refractivity contribution < 1.29 is 9.21 Å². The third-order valence-corrected chi connectivity index (χ3v) is 2.50. The Morgan fingerprint density at radius 1 is 1.19 bits per heavy atom. The van der Waals surface area contributed by atoms with Crippen molar-refractivity contribution in [3.8, 4) is 11.3 Å². The molecule has 1 amide bonds. The predicted octanol–water partition coefficient (Wildman–Crippen LogP) is 2.61. The summed E-state index contributed by atoms with van der Waals surface area (Å²) in [5, 5.41) is 0. The molecule has 1 aromatic carbocycles. The van der Waals surface area contributed by atoms with Crippen molar-refractivity contribution in [3.63, 3.8) is 0 Å². The standard InChI is InChI=1S/C13H13NO2/c1-2-9-3-5-10(6-4-9)11-7-8-12(16-11)13(14)15/h3-8H,2H2,1H3,(H2,14,15). The van der Waals surface area contributed by atoms with Crippen LogP contribution in [0.5, 0.6) is 0 Å². The molecule has 3 nitrogen and oxygen atoms in total. The molecule has 2 N–H and O–H groups in total. The van der Waals surface area contributed by atoms with Gasteiger partial charge in [-0.1, -0.05) is 31.2 Å². The van der Waals surface area contributed by atoms with Crippen LogP contribution in [0.4, 0.5) is 0 Å². The Kier molecular flexibility index (Phi) is 2.77. The lowest BCUT2D eigenvalue weighted by Gasteiger charge is -1.99. The molecule has 0 atom stereocenters. The number of aryl methyl sites for hydroxylation is 1. The van der Waals surface area contributed by atoms with Gasteiger partial charge >= 0.3 is 0 Å². The highest BCUT2D eigenvalue weighted by Gasteiger charge is 2.08. The Morgan fingerprint density at radius 3 is 2.38 bits per heavy atom. The minimum Gasteiger partial charge on any atom is -0.451 e. The number of carbonyl (C=O) groups excluding carboxylic acids is 1. The van der Waals surface area contributed by atoms with Crippen LogP contribution < -0.4 is 5.73 Å². The highest BCUT2D eigenvalue weighted by atomic mass is 16.3. The fourth-order valence-corrected chi connectivity index (χ4v) is 1.53. The molecule has 0 radical (unpaired) electrons. The zero-order chi connectivity index (χ0) is 11.5. The third-order valence-electron chi connectivity index (χ3n) is 2.50. The largest absolute Gasteiger partial charge is 0.451 e. The molecule has 0 aliphatic carbocycles. The van der Waals surface area contributed by atoms with Gasteiger partial charge in [-0.05, 0) is 24.1 Å². The van der Waals surface area contributed by atoms with Gasteiger partial charge in [0.15, 0.2) is 5.76 Å². The van der Waals surface area contributed by atoms with Crippen LogP contribution in [0.1, 0.15) is 23.0 Å². The monoisotopic (exact) mass is 215 g/mol. The van der Waals surface area contributed by atoms with Crippen LogP contribution in [0, 0.1) is 0 Å². The molecule has 16 heavy (non-hydrogen) atoms. The number of carbonyl (C=O) groups is 1. The normalized spacial score (nSPS) is 10.3. The highest BCUT2D eigenvalue weighted by Crippen LogP contribution is 2.22. The molecular formula is C13H13NO2. The summed E-state index contributed by atoms with van der Waals surface area (Å²) in [4.78, 5) is 10.9. The molecule has 0 bridgehead atoms. The summed E-state index contributed by atoms with van der Waals surface area (Å²) >= 11 is 0. The van der Waals surface area contributed by atoms with Crippen molar-refractivity contribution in [2.75, 3.05) is 0 Å². The number of amides is 1. The number of hydrogen-bond donors (Lipinski definition) is 1. The van der Waals surface area contributed by atoms with Gasteiger partial charge in [0.05, 0.1) is 0 Å². The molecule has 0 saturated heterocycles. The van der Waals surface area contributed by atoms with Crippen LogP contribution in [-0.2, 0) is 6.42 Å². The van der Waals surface area contributed by atoms with Gasteiger partial charge in [-0.3, -0.25) is 4.79 Å². The zero-order valence-electron chi connectivity index (χ0n) is 9.07. The second-order valence-corrected chi connectivity index (χ2v) is 3.58. The first-order valence-corrected chi connectivity index (χ1v) is 5.19. The van der Waals surface area contributed by atoms with Crippen molar-refractivity contribution in [1.29, 1.82) is 0 Å². The van der Waals surface area contributed by atoms with Gasteiger partial charge in [-0.15, -0.1) is 0 Å². The quantitative estimate of drug-likeness (QED) is 0.855. The molecule has 0 aliphatic rings. The smallest absolute Gasteiger partial charge is 0.284 e. The maximum atomic E-state index is 10.9. The molecule has 0 fully saturated rings. The van der Waals surface area contributed by atoms with E-state index in [1.807, 2.05) is 24.3 Å². The van der Waals surface area contributed by atoms with Gasteiger partial charge in [0.25, 0.3) is 5.91 Å². The lowest BCUT2D eigenvalue weighted by Crippen LogP contribution is -2.09. The summed E-state index contributed by atoms with van der Waals surface area (Å²) in [5.74, 6) is 0.308. The van der Waals surface area contributed by atoms with Crippen molar-refractivity contribution in [2.24, 2.45) is 5.73 Å². The van der Waals surface area contributed by atoms with Gasteiger partial charge in [-0.2, -0.15) is 0 Å². The number of primary amides is 1. The molecule has 0 spiro atoms. The van der Waals surface area contributed by atoms with Crippen LogP contribution >= 0.6 is 0 Å². The molecule has 3 heteroatoms. The van der Waals surface area contributed by atoms with Gasteiger partial charge in [0, 0.05) is 5.56 Å². The fourth-order valence-electron chi connectivity index (χ4n) is 1.53. The van der Waals surface area contributed by atoms with Gasteiger partial charge in [0.1, 0.15) is 5.76 Å². The molecule has 2 rings (SSSR count). The first-order chi connectivity index (χ1) is 7.70. The molecule has 0 aliphatic heterocycles. The first kappa shape index (κ1) is 10.5. The first-order valence-electron chi connectivity index (χ1n) is 5.19. The summed E-state index contributed by atoms with van der Waals surface area (Å²) in [6, 6.07) is 11.4. The van der Waals surface area contributed by atoms with E-state index in [9.17, 15) is 4.79 Å². The average Bonchev–Trinajstić information content (AvgIpc) is 2.78. The lowest BCUT2D eigenvalue weighted by atomic mass is 10.1. The summed E-state index contributed by atoms with van der Waals surface area (Å²) in [5.41, 5.74) is 7.34. The SMILES string of the molecule is CCc1ccc(-c2ccc(C(N)=O)o2)cc1. The molecular weight excluding hydrogens is 202 g/mol. The van der Waals surface area contributed by atoms with Crippen LogP contribution in [0.2, 0.25) is 0 Å². The minimum absolute atomic E-state index is 0.189. The Bertz CT molecular complexity index is 497. The van der Waals surface area contributed by atoms with Crippen molar-refractivity contribution in [2.45, 2.75) is 13.3 Å². The molecule has 82 valence electrons. The van der Waals surface area contributed by atoms with Crippen LogP contribution in [0.3, 0.4) is 0 Å². The van der Waals surface area contributed by atoms with E-state index >= 15 is 0 Å². The van der Waals surface area contributed by atoms with E-state index in [0.29, 0.717) is 5.76 Å². The van der Waals surface area contributed by atoms with E-state index in [1.54, 1.807) is 12.1 Å². The second-order valence-electron chi connectivity index (χ2n) is 3.58. The number of furan rings is 1. The molecule has 1 aromatic heterocycles. The van der Waals surface area contributed by atoms with E-state index in [4.69, 9.17) is 10.2 Å². The Hall–Kier alpha value is -2.03. The number of benzene rings is 1. The number of hydrogen-bond acceptors (Lipinski definition) is 2. The summed E-state index contributed by atoms with van der Waals surface area (Å²) in [6.45, 7) is 2.10. The fraction of sp³-hybridized carbons (Fsp3) is 0.154. The summed E-state index contributed by atoms with van der Waals surface area (Å²) < 4.78 is 5.33. The topological polar surface area (TPSA) is 56.2 Å². The Morgan fingerprint density at radius 2 is 1.88 bits per heavy atom. The molecule has 0 saturated carbocycles. The zero-order valence-corrected chi connectivity index (χ0v) is 9.07. The van der Waals surface area contributed by atoms with E-state index in [2.05, 4.69) is 6.92 Å². The maximum Gasteiger partial charge on any atom is 0.284 e. The summed E-state index contributed by atoms with van der Waals surface area (Å²) in [6.07, 6.45) is 1.00. The average molecular weight is 215 g/mol. The second kappa shape index (κ2) is 4.23. The van der Waals surface area contributed by atoms with E-state index in [0.717, 1.165) is 12.0 Å². The molecule has 1 heterocycles. The maximum absolute atomic E-state index is 10.9. The number of rotatable bonds is 3. The van der Waals surface area contributed by atoms with Gasteiger partial charge < -0.3 is 10.2 Å². The summed E-state index contributed by atoms with van der Waals surface area (Å²) in [7, 11) is 0. The molecule has 0 unspecified atom stereocenters. The Labute approximate surface area is 93.9 Å². The van der Waals surface area contributed by atoms with E-state index in [-0.39, 0.29) is 5.76 Å². The van der Waals surface area contributed by atoms with Gasteiger partial charge in [0.2, 0.25) is 0 Å². The number of nitrogens with two attached hydrogens (primary N) is 1. The lowest BCUT2D eigenvalue weighted by molar-refractivity contribution is 0.0974. The van der Waals surface area contributed by atoms with Gasteiger partial charge in [-0.25, -0.2) is 0 Å². The van der Waals surface area contributed by atoms with E-state index in [1.165, 1.54) is 5.56 Å². The van der Waals surface area contributed by atoms with Crippen molar-refractivity contribution in [3.05, 3.63) is 47.7 Å². The van der Waals surface area contributed by atoms with Crippen LogP contribution in [-0.4, -0.2) is 5.91 Å². The third kappa shape index (κ3) is 1.98. The highest BCUT2D eigenvalue weighted by molar-refractivity contribution is 5.90. The predicted molar refractivity (Wildman–Crippen MR) is 62.0 cm³/mol. The minimum atomic E-state index is -0.545. The van der Waals surface area contributed by atoms with Crippen molar-refractivity contribution >= 4 is 5.91 Å². The van der Waals surface area contributed by atoms with Crippen LogP contribution in [0.15, 0.2) is 40.8 Å². The van der Waals surface area contributed by atoms with Crippen LogP contribution in [0.25, 0.3) is 11.3 Å². The molecule has 2 aromatic rings. The Balaban J connectivity index is 2.31. The van der Waals surface area contributed by atoms with E-state index < -0.39 is 5.91 Å². The van der Waals surface area contributed by atoms with Crippen molar-refractivity contribution in [1.82, 2.24) is 0 Å².